The van der Waals surface area contributed by atoms with Crippen LogP contribution in [0.5, 0.6) is 0 Å². The zero-order chi connectivity index (χ0) is 24.7. The molecule has 2 aromatic carbocycles. The maximum Gasteiger partial charge on any atom is 0.375 e. The molecule has 3 heterocycles. The molecule has 1 atom stereocenters. The van der Waals surface area contributed by atoms with E-state index in [0.717, 1.165) is 26.7 Å². The quantitative estimate of drug-likeness (QED) is 0.187. The summed E-state index contributed by atoms with van der Waals surface area (Å²) in [7, 11) is 0. The van der Waals surface area contributed by atoms with E-state index < -0.39 is 23.3 Å². The van der Waals surface area contributed by atoms with Crippen molar-refractivity contribution in [2.75, 3.05) is 12.4 Å². The van der Waals surface area contributed by atoms with Gasteiger partial charge < -0.3 is 14.6 Å². The van der Waals surface area contributed by atoms with Crippen LogP contribution in [0.15, 0.2) is 55.7 Å². The Balaban J connectivity index is 1.50. The lowest BCUT2D eigenvalue weighted by Gasteiger charge is -2.26. The smallest absolute Gasteiger partial charge is 0.375 e. The highest BCUT2D eigenvalue weighted by Crippen LogP contribution is 2.48. The van der Waals surface area contributed by atoms with Crippen LogP contribution in [0, 0.1) is 0 Å². The van der Waals surface area contributed by atoms with E-state index in [1.54, 1.807) is 31.2 Å². The third-order valence-electron chi connectivity index (χ3n) is 4.90. The summed E-state index contributed by atoms with van der Waals surface area (Å²) in [6.07, 6.45) is 0. The SMILES string of the molecule is CCOC(=O)C1(CSc2nc3cc(Cl)ccc3s2)OC(=O)C(O)=C1Sc1nc2cc(Cl)ccc2s1. The van der Waals surface area contributed by atoms with Gasteiger partial charge >= 0.3 is 11.9 Å². The van der Waals surface area contributed by atoms with Gasteiger partial charge in [-0.3, -0.25) is 0 Å². The number of carbonyl (C=O) groups excluding carboxylic acids is 2. The molecule has 1 aliphatic rings. The molecule has 0 fully saturated rings. The van der Waals surface area contributed by atoms with E-state index in [1.807, 2.05) is 12.1 Å². The van der Waals surface area contributed by atoms with Crippen LogP contribution in [-0.4, -0.2) is 45.0 Å². The molecule has 13 heteroatoms. The molecule has 1 unspecified atom stereocenters. The average Bonchev–Trinajstić information content (AvgIpc) is 3.48. The predicted molar refractivity (Wildman–Crippen MR) is 141 cm³/mol. The lowest BCUT2D eigenvalue weighted by atomic mass is 10.1. The first-order valence-corrected chi connectivity index (χ1v) is 14.3. The van der Waals surface area contributed by atoms with Crippen LogP contribution >= 0.6 is 69.4 Å². The van der Waals surface area contributed by atoms with E-state index in [-0.39, 0.29) is 17.3 Å². The molecule has 0 amide bonds. The van der Waals surface area contributed by atoms with E-state index in [2.05, 4.69) is 9.97 Å². The Morgan fingerprint density at radius 1 is 1.09 bits per heavy atom. The van der Waals surface area contributed by atoms with Crippen LogP contribution in [0.2, 0.25) is 10.0 Å². The molecule has 4 aromatic rings. The minimum atomic E-state index is -1.85. The van der Waals surface area contributed by atoms with Gasteiger partial charge in [0.15, 0.2) is 8.68 Å². The lowest BCUT2D eigenvalue weighted by molar-refractivity contribution is -0.169. The molecule has 35 heavy (non-hydrogen) atoms. The number of rotatable bonds is 7. The van der Waals surface area contributed by atoms with Gasteiger partial charge in [-0.05, 0) is 43.3 Å². The Kier molecular flexibility index (Phi) is 6.90. The van der Waals surface area contributed by atoms with Crippen molar-refractivity contribution in [1.29, 1.82) is 0 Å². The number of aliphatic hydroxyl groups is 1. The molecule has 1 N–H and O–H groups in total. The lowest BCUT2D eigenvalue weighted by Crippen LogP contribution is -2.44. The summed E-state index contributed by atoms with van der Waals surface area (Å²) in [5.74, 6) is -2.46. The highest BCUT2D eigenvalue weighted by atomic mass is 35.5. The Morgan fingerprint density at radius 2 is 1.69 bits per heavy atom. The normalized spacial score (nSPS) is 18.0. The van der Waals surface area contributed by atoms with Crippen molar-refractivity contribution in [2.45, 2.75) is 21.2 Å². The van der Waals surface area contributed by atoms with Gasteiger partial charge in [-0.2, -0.15) is 0 Å². The molecule has 0 bridgehead atoms. The Morgan fingerprint density at radius 3 is 2.31 bits per heavy atom. The minimum absolute atomic E-state index is 0.0303. The fraction of sp³-hybridized carbons (Fsp3) is 0.182. The molecule has 5 rings (SSSR count). The van der Waals surface area contributed by atoms with Crippen LogP contribution in [0.4, 0.5) is 0 Å². The van der Waals surface area contributed by atoms with E-state index >= 15 is 0 Å². The zero-order valence-corrected chi connectivity index (χ0v) is 22.5. The summed E-state index contributed by atoms with van der Waals surface area (Å²) < 4.78 is 13.7. The number of thiazole rings is 2. The molecule has 0 radical (unpaired) electrons. The maximum absolute atomic E-state index is 13.2. The van der Waals surface area contributed by atoms with E-state index in [0.29, 0.717) is 24.2 Å². The van der Waals surface area contributed by atoms with Gasteiger partial charge in [0.1, 0.15) is 0 Å². The second kappa shape index (κ2) is 9.79. The third kappa shape index (κ3) is 4.73. The number of aliphatic hydroxyl groups excluding tert-OH is 1. The first-order chi connectivity index (χ1) is 16.8. The molecule has 7 nitrogen and oxygen atoms in total. The number of cyclic esters (lactones) is 1. The number of esters is 2. The Bertz CT molecular complexity index is 1520. The molecule has 1 aliphatic heterocycles. The number of nitrogens with zero attached hydrogens (tertiary/aromatic N) is 2. The molecule has 0 spiro atoms. The van der Waals surface area contributed by atoms with Crippen molar-refractivity contribution in [1.82, 2.24) is 9.97 Å². The van der Waals surface area contributed by atoms with E-state index in [4.69, 9.17) is 32.7 Å². The number of ether oxygens (including phenoxy) is 2. The van der Waals surface area contributed by atoms with Crippen molar-refractivity contribution in [3.05, 3.63) is 57.1 Å². The zero-order valence-electron chi connectivity index (χ0n) is 17.7. The van der Waals surface area contributed by atoms with Crippen molar-refractivity contribution < 1.29 is 24.2 Å². The average molecular weight is 586 g/mol. The first kappa shape index (κ1) is 24.7. The van der Waals surface area contributed by atoms with Gasteiger partial charge in [-0.1, -0.05) is 46.7 Å². The van der Waals surface area contributed by atoms with Gasteiger partial charge in [-0.25, -0.2) is 19.6 Å². The summed E-state index contributed by atoms with van der Waals surface area (Å²) in [6, 6.07) is 10.7. The van der Waals surface area contributed by atoms with E-state index in [1.165, 1.54) is 34.4 Å². The number of hydrogen-bond donors (Lipinski definition) is 1. The van der Waals surface area contributed by atoms with Crippen LogP contribution in [-0.2, 0) is 19.1 Å². The molecule has 2 aromatic heterocycles. The second-order valence-corrected chi connectivity index (χ2v) is 12.6. The summed E-state index contributed by atoms with van der Waals surface area (Å²) in [4.78, 5) is 34.8. The van der Waals surface area contributed by atoms with Gasteiger partial charge in [-0.15, -0.1) is 22.7 Å². The van der Waals surface area contributed by atoms with Crippen LogP contribution < -0.4 is 0 Å². The highest BCUT2D eigenvalue weighted by Gasteiger charge is 2.56. The summed E-state index contributed by atoms with van der Waals surface area (Å²) in [5, 5.41) is 11.7. The van der Waals surface area contributed by atoms with E-state index in [9.17, 15) is 14.7 Å². The number of fused-ring (bicyclic) bond motifs is 2. The number of benzene rings is 2. The number of halogens is 2. The molecule has 180 valence electrons. The van der Waals surface area contributed by atoms with Gasteiger partial charge in [0.05, 0.1) is 37.7 Å². The molecule has 0 saturated carbocycles. The van der Waals surface area contributed by atoms with Crippen LogP contribution in [0.3, 0.4) is 0 Å². The van der Waals surface area contributed by atoms with Crippen LogP contribution in [0.1, 0.15) is 6.92 Å². The summed E-state index contributed by atoms with van der Waals surface area (Å²) in [5.41, 5.74) is -0.461. The molecular formula is C22H14Cl2N2O5S4. The fourth-order valence-electron chi connectivity index (χ4n) is 3.32. The molecule has 0 saturated heterocycles. The largest absolute Gasteiger partial charge is 0.501 e. The van der Waals surface area contributed by atoms with Crippen molar-refractivity contribution in [2.24, 2.45) is 0 Å². The monoisotopic (exact) mass is 584 g/mol. The summed E-state index contributed by atoms with van der Waals surface area (Å²) in [6.45, 7) is 1.72. The second-order valence-electron chi connectivity index (χ2n) is 7.19. The highest BCUT2D eigenvalue weighted by molar-refractivity contribution is 8.05. The number of carbonyl (C=O) groups is 2. The number of thioether (sulfide) groups is 2. The van der Waals surface area contributed by atoms with Gasteiger partial charge in [0, 0.05) is 10.0 Å². The third-order valence-corrected chi connectivity index (χ3v) is 10.0. The van der Waals surface area contributed by atoms with Gasteiger partial charge in [0.25, 0.3) is 5.60 Å². The minimum Gasteiger partial charge on any atom is -0.501 e. The number of hydrogen-bond acceptors (Lipinski definition) is 11. The molecular weight excluding hydrogens is 571 g/mol. The predicted octanol–water partition coefficient (Wildman–Crippen LogP) is 6.73. The van der Waals surface area contributed by atoms with Crippen molar-refractivity contribution in [3.63, 3.8) is 0 Å². The van der Waals surface area contributed by atoms with Crippen LogP contribution in [0.25, 0.3) is 20.4 Å². The van der Waals surface area contributed by atoms with Crippen molar-refractivity contribution >= 4 is 102 Å². The number of aromatic nitrogens is 2. The Hall–Kier alpha value is -2.02. The summed E-state index contributed by atoms with van der Waals surface area (Å²) >= 11 is 17.1. The topological polar surface area (TPSA) is 98.6 Å². The standard InChI is InChI=1S/C22H14Cl2N2O5S4/c1-2-30-19(29)22(9-32-20-25-12-7-10(23)3-5-14(12)33-20)17(16(27)18(28)31-22)35-21-26-13-8-11(24)4-6-15(13)34-21/h3-8,27H,2,9H2,1H3. The fourth-order valence-corrected chi connectivity index (χ4v) is 8.14. The molecule has 0 aliphatic carbocycles. The van der Waals surface area contributed by atoms with Crippen molar-refractivity contribution in [3.8, 4) is 0 Å². The first-order valence-electron chi connectivity index (χ1n) is 10.1. The maximum atomic E-state index is 13.2. The van der Waals surface area contributed by atoms with Gasteiger partial charge in [0.2, 0.25) is 5.76 Å². The Labute approximate surface area is 225 Å².